The summed E-state index contributed by atoms with van der Waals surface area (Å²) < 4.78 is 0. The van der Waals surface area contributed by atoms with E-state index in [0.717, 1.165) is 10.9 Å². The summed E-state index contributed by atoms with van der Waals surface area (Å²) in [6.07, 6.45) is 1.35. The van der Waals surface area contributed by atoms with Crippen molar-refractivity contribution in [1.29, 1.82) is 0 Å². The van der Waals surface area contributed by atoms with Crippen LogP contribution in [0.5, 0.6) is 5.75 Å². The maximum Gasteiger partial charge on any atom is 0.326 e. The van der Waals surface area contributed by atoms with E-state index in [4.69, 9.17) is 22.9 Å². The molecule has 0 fully saturated rings. The van der Waals surface area contributed by atoms with Crippen molar-refractivity contribution < 1.29 is 34.2 Å². The molecule has 0 radical (unpaired) electrons. The lowest BCUT2D eigenvalue weighted by Gasteiger charge is -2.25. The molecule has 16 nitrogen and oxygen atoms in total. The van der Waals surface area contributed by atoms with Gasteiger partial charge in [0, 0.05) is 36.5 Å². The topological polar surface area (TPSA) is 294 Å². The molecule has 2 aromatic carbocycles. The number of nitrogens with zero attached hydrogens (tertiary/aromatic N) is 1. The summed E-state index contributed by atoms with van der Waals surface area (Å²) in [4.78, 5) is 70.4. The Kier molecular flexibility index (Phi) is 12.5. The van der Waals surface area contributed by atoms with Crippen molar-refractivity contribution in [1.82, 2.24) is 20.9 Å². The highest BCUT2D eigenvalue weighted by Crippen LogP contribution is 2.20. The highest BCUT2D eigenvalue weighted by molar-refractivity contribution is 5.95. The first-order chi connectivity index (χ1) is 21.8. The third kappa shape index (κ3) is 10.5. The van der Waals surface area contributed by atoms with E-state index >= 15 is 0 Å². The van der Waals surface area contributed by atoms with Crippen molar-refractivity contribution in [2.75, 3.05) is 6.54 Å². The molecule has 1 aromatic heterocycles. The van der Waals surface area contributed by atoms with Crippen LogP contribution < -0.4 is 38.9 Å². The minimum Gasteiger partial charge on any atom is -0.508 e. The van der Waals surface area contributed by atoms with Crippen LogP contribution >= 0.6 is 0 Å². The lowest BCUT2D eigenvalue weighted by Crippen LogP contribution is -2.58. The predicted molar refractivity (Wildman–Crippen MR) is 169 cm³/mol. The molecule has 16 heteroatoms. The number of aromatic amines is 1. The number of nitrogens with one attached hydrogen (secondary N) is 4. The highest BCUT2D eigenvalue weighted by Gasteiger charge is 2.31. The van der Waals surface area contributed by atoms with Gasteiger partial charge in [-0.25, -0.2) is 4.79 Å². The number of hydrogen-bond donors (Lipinski definition) is 10. The van der Waals surface area contributed by atoms with E-state index in [1.54, 1.807) is 6.20 Å². The number of aromatic hydroxyl groups is 1. The molecule has 1 heterocycles. The number of hydrogen-bond acceptors (Lipinski definition) is 8. The molecule has 0 saturated carbocycles. The fourth-order valence-corrected chi connectivity index (χ4v) is 4.70. The van der Waals surface area contributed by atoms with E-state index in [2.05, 4.69) is 25.9 Å². The molecule has 4 atom stereocenters. The summed E-state index contributed by atoms with van der Waals surface area (Å²) in [6.45, 7) is 0.131. The van der Waals surface area contributed by atoms with Gasteiger partial charge < -0.3 is 54.1 Å². The van der Waals surface area contributed by atoms with E-state index in [1.807, 2.05) is 24.3 Å². The number of nitrogens with two attached hydrogens (primary N) is 4. The average molecular weight is 638 g/mol. The Morgan fingerprint density at radius 1 is 0.826 bits per heavy atom. The fourth-order valence-electron chi connectivity index (χ4n) is 4.70. The number of phenols is 1. The molecule has 4 amide bonds. The van der Waals surface area contributed by atoms with Crippen molar-refractivity contribution in [2.24, 2.45) is 27.9 Å². The zero-order valence-electron chi connectivity index (χ0n) is 24.9. The SMILES string of the molecule is NC(=O)CC(N)C(=O)NC(CCCN=C(N)N)C(=O)NC(Cc1c[nH]c2ccccc12)C(=O)NC(Cc1ccc(O)cc1)C(=O)O. The molecule has 246 valence electrons. The van der Waals surface area contributed by atoms with Crippen molar-refractivity contribution in [2.45, 2.75) is 56.3 Å². The zero-order valence-corrected chi connectivity index (χ0v) is 24.9. The van der Waals surface area contributed by atoms with E-state index in [0.29, 0.717) is 11.1 Å². The van der Waals surface area contributed by atoms with Crippen molar-refractivity contribution in [3.05, 3.63) is 65.9 Å². The number of guanidine groups is 1. The van der Waals surface area contributed by atoms with Crippen molar-refractivity contribution in [3.8, 4) is 5.75 Å². The van der Waals surface area contributed by atoms with Crippen LogP contribution in [0.2, 0.25) is 0 Å². The second-order valence-electron chi connectivity index (χ2n) is 10.7. The molecule has 14 N–H and O–H groups in total. The number of phenolic OH excluding ortho intramolecular Hbond substituents is 1. The number of aliphatic carboxylic acids is 1. The number of fused-ring (bicyclic) bond motifs is 1. The molecular formula is C30H39N9O7. The standard InChI is InChI=1S/C30H39N9O7/c31-20(14-25(32)41)26(42)37-22(6-3-11-35-30(33)34)27(43)38-23(13-17-15-36-21-5-2-1-4-19(17)21)28(44)39-24(29(45)46)12-16-7-9-18(40)10-8-16/h1-2,4-5,7-10,15,20,22-24,36,40H,3,6,11-14,31H2,(H2,32,41)(H,37,42)(H,38,43)(H,39,44)(H,45,46)(H4,33,34,35). The summed E-state index contributed by atoms with van der Waals surface area (Å²) in [5.41, 5.74) is 23.7. The Morgan fingerprint density at radius 3 is 2.11 bits per heavy atom. The van der Waals surface area contributed by atoms with Gasteiger partial charge in [-0.05, 0) is 42.2 Å². The molecule has 3 aromatic rings. The third-order valence-electron chi connectivity index (χ3n) is 7.06. The van der Waals surface area contributed by atoms with Crippen LogP contribution in [-0.2, 0) is 36.8 Å². The Labute approximate surface area is 264 Å². The van der Waals surface area contributed by atoms with Gasteiger partial charge >= 0.3 is 5.97 Å². The van der Waals surface area contributed by atoms with E-state index in [-0.39, 0.29) is 43.9 Å². The largest absolute Gasteiger partial charge is 0.508 e. The smallest absolute Gasteiger partial charge is 0.326 e. The van der Waals surface area contributed by atoms with Gasteiger partial charge in [0.25, 0.3) is 0 Å². The number of carboxylic acid groups (broad SMARTS) is 1. The number of primary amides is 1. The second-order valence-corrected chi connectivity index (χ2v) is 10.7. The molecule has 0 aliphatic rings. The Bertz CT molecular complexity index is 1570. The summed E-state index contributed by atoms with van der Waals surface area (Å²) in [5.74, 6) is -4.67. The Morgan fingerprint density at radius 2 is 1.46 bits per heavy atom. The van der Waals surface area contributed by atoms with E-state index in [1.165, 1.54) is 24.3 Å². The summed E-state index contributed by atoms with van der Waals surface area (Å²) >= 11 is 0. The first-order valence-corrected chi connectivity index (χ1v) is 14.4. The summed E-state index contributed by atoms with van der Waals surface area (Å²) in [5, 5.41) is 27.9. The number of rotatable bonds is 17. The van der Waals surface area contributed by atoms with Crippen LogP contribution in [0.25, 0.3) is 10.9 Å². The quantitative estimate of drug-likeness (QED) is 0.0462. The van der Waals surface area contributed by atoms with Gasteiger partial charge in [-0.3, -0.25) is 24.2 Å². The Hall–Kier alpha value is -5.64. The maximum atomic E-state index is 13.7. The van der Waals surface area contributed by atoms with Gasteiger partial charge in [0.05, 0.1) is 12.5 Å². The van der Waals surface area contributed by atoms with Crippen LogP contribution in [-0.4, -0.2) is 81.5 Å². The van der Waals surface area contributed by atoms with Gasteiger partial charge in [-0.2, -0.15) is 0 Å². The fraction of sp³-hybridized carbons (Fsp3) is 0.333. The number of aromatic nitrogens is 1. The minimum absolute atomic E-state index is 0.00306. The number of carbonyl (C=O) groups excluding carboxylic acids is 4. The number of carboxylic acids is 1. The van der Waals surface area contributed by atoms with E-state index < -0.39 is 60.2 Å². The molecule has 0 aliphatic carbocycles. The number of carbonyl (C=O) groups is 5. The molecule has 0 bridgehead atoms. The number of H-pyrrole nitrogens is 1. The molecular weight excluding hydrogens is 598 g/mol. The number of amides is 4. The lowest BCUT2D eigenvalue weighted by atomic mass is 10.0. The molecule has 4 unspecified atom stereocenters. The second kappa shape index (κ2) is 16.4. The number of benzene rings is 2. The van der Waals surface area contributed by atoms with Gasteiger partial charge in [-0.15, -0.1) is 0 Å². The summed E-state index contributed by atoms with van der Waals surface area (Å²) in [7, 11) is 0. The van der Waals surface area contributed by atoms with Crippen LogP contribution in [0.15, 0.2) is 59.7 Å². The molecule has 0 saturated heterocycles. The minimum atomic E-state index is -1.37. The molecule has 3 rings (SSSR count). The van der Waals surface area contributed by atoms with Crippen LogP contribution in [0.4, 0.5) is 0 Å². The monoisotopic (exact) mass is 637 g/mol. The van der Waals surface area contributed by atoms with Gasteiger partial charge in [-0.1, -0.05) is 30.3 Å². The van der Waals surface area contributed by atoms with Gasteiger partial charge in [0.15, 0.2) is 5.96 Å². The third-order valence-corrected chi connectivity index (χ3v) is 7.06. The van der Waals surface area contributed by atoms with Crippen LogP contribution in [0, 0.1) is 0 Å². The van der Waals surface area contributed by atoms with E-state index in [9.17, 15) is 34.2 Å². The van der Waals surface area contributed by atoms with Crippen LogP contribution in [0.3, 0.4) is 0 Å². The molecule has 0 aliphatic heterocycles. The number of aliphatic imine (C=N–C) groups is 1. The first-order valence-electron chi connectivity index (χ1n) is 14.4. The summed E-state index contributed by atoms with van der Waals surface area (Å²) in [6, 6.07) is 7.93. The van der Waals surface area contributed by atoms with Gasteiger partial charge in [0.2, 0.25) is 23.6 Å². The molecule has 0 spiro atoms. The lowest BCUT2D eigenvalue weighted by molar-refractivity contribution is -0.142. The normalized spacial score (nSPS) is 13.5. The number of para-hydroxylation sites is 1. The maximum absolute atomic E-state index is 13.7. The van der Waals surface area contributed by atoms with Gasteiger partial charge in [0.1, 0.15) is 23.9 Å². The average Bonchev–Trinajstić information content (AvgIpc) is 3.40. The zero-order chi connectivity index (χ0) is 33.8. The first kappa shape index (κ1) is 34.8. The Balaban J connectivity index is 1.87. The van der Waals surface area contributed by atoms with Crippen LogP contribution in [0.1, 0.15) is 30.4 Å². The van der Waals surface area contributed by atoms with Crippen molar-refractivity contribution >= 4 is 46.5 Å². The molecule has 46 heavy (non-hydrogen) atoms. The van der Waals surface area contributed by atoms with Crippen molar-refractivity contribution in [3.63, 3.8) is 0 Å². The predicted octanol–water partition coefficient (Wildman–Crippen LogP) is -1.55. The highest BCUT2D eigenvalue weighted by atomic mass is 16.4.